The van der Waals surface area contributed by atoms with Crippen LogP contribution in [-0.2, 0) is 22.2 Å². The van der Waals surface area contributed by atoms with Gasteiger partial charge in [0.15, 0.2) is 0 Å². The Kier molecular flexibility index (Phi) is 7.98. The van der Waals surface area contributed by atoms with Crippen LogP contribution >= 0.6 is 0 Å². The van der Waals surface area contributed by atoms with Gasteiger partial charge in [-0.15, -0.1) is 0 Å². The molecule has 35 heavy (non-hydrogen) atoms. The smallest absolute Gasteiger partial charge is 0.252 e. The van der Waals surface area contributed by atoms with E-state index in [-0.39, 0.29) is 22.6 Å². The lowest BCUT2D eigenvalue weighted by molar-refractivity contribution is -0.128. The highest BCUT2D eigenvalue weighted by molar-refractivity contribution is 6.00. The van der Waals surface area contributed by atoms with Gasteiger partial charge in [0.25, 0.3) is 5.91 Å². The van der Waals surface area contributed by atoms with Crippen molar-refractivity contribution < 1.29 is 14.3 Å². The predicted octanol–water partition coefficient (Wildman–Crippen LogP) is 6.04. The summed E-state index contributed by atoms with van der Waals surface area (Å²) in [5.74, 6) is 0.518. The third kappa shape index (κ3) is 6.25. The molecule has 190 valence electrons. The normalized spacial score (nSPS) is 15.9. The standard InChI is InChI=1S/C30H42N2O3/c1-28(2,3)23-18-22(19-24(25(23)35-7)29(4,5)6)26(33)32-30(16-12-9-13-17-30)27(34)31-20-21-14-10-8-11-15-21/h8,10-11,14-15,18-19H,9,12-13,16-17,20H2,1-7H3,(H,31,34)(H,32,33). The minimum absolute atomic E-state index is 0.102. The van der Waals surface area contributed by atoms with Crippen molar-refractivity contribution in [3.8, 4) is 5.75 Å². The molecule has 2 aromatic rings. The molecule has 0 atom stereocenters. The summed E-state index contributed by atoms with van der Waals surface area (Å²) in [6, 6.07) is 13.7. The minimum atomic E-state index is -0.895. The van der Waals surface area contributed by atoms with Gasteiger partial charge in [-0.2, -0.15) is 0 Å². The zero-order valence-corrected chi connectivity index (χ0v) is 22.5. The maximum Gasteiger partial charge on any atom is 0.252 e. The Morgan fingerprint density at radius 2 is 1.43 bits per heavy atom. The quantitative estimate of drug-likeness (QED) is 0.532. The summed E-state index contributed by atoms with van der Waals surface area (Å²) in [7, 11) is 1.69. The number of hydrogen-bond acceptors (Lipinski definition) is 3. The van der Waals surface area contributed by atoms with Gasteiger partial charge in [0.05, 0.1) is 7.11 Å². The van der Waals surface area contributed by atoms with E-state index in [0.717, 1.165) is 41.7 Å². The van der Waals surface area contributed by atoms with Gasteiger partial charge in [0.2, 0.25) is 5.91 Å². The van der Waals surface area contributed by atoms with Crippen LogP contribution in [0.4, 0.5) is 0 Å². The molecule has 2 amide bonds. The third-order valence-corrected chi connectivity index (χ3v) is 6.96. The van der Waals surface area contributed by atoms with Crippen LogP contribution in [0.3, 0.4) is 0 Å². The molecule has 2 aromatic carbocycles. The molecule has 0 spiro atoms. The van der Waals surface area contributed by atoms with Crippen LogP contribution in [0.5, 0.6) is 5.75 Å². The van der Waals surface area contributed by atoms with Gasteiger partial charge in [-0.3, -0.25) is 9.59 Å². The van der Waals surface area contributed by atoms with Gasteiger partial charge >= 0.3 is 0 Å². The van der Waals surface area contributed by atoms with Crippen LogP contribution in [0.15, 0.2) is 42.5 Å². The molecule has 3 rings (SSSR count). The van der Waals surface area contributed by atoms with Gasteiger partial charge in [-0.05, 0) is 41.4 Å². The van der Waals surface area contributed by atoms with Crippen LogP contribution in [0.1, 0.15) is 101 Å². The third-order valence-electron chi connectivity index (χ3n) is 6.96. The molecule has 0 bridgehead atoms. The first-order chi connectivity index (χ1) is 16.4. The van der Waals surface area contributed by atoms with Crippen molar-refractivity contribution >= 4 is 11.8 Å². The largest absolute Gasteiger partial charge is 0.496 e. The number of carbonyl (C=O) groups excluding carboxylic acids is 2. The predicted molar refractivity (Wildman–Crippen MR) is 142 cm³/mol. The Morgan fingerprint density at radius 3 is 1.91 bits per heavy atom. The Labute approximate surface area is 211 Å². The van der Waals surface area contributed by atoms with E-state index < -0.39 is 5.54 Å². The lowest BCUT2D eigenvalue weighted by Crippen LogP contribution is -2.59. The highest BCUT2D eigenvalue weighted by Gasteiger charge is 2.41. The topological polar surface area (TPSA) is 67.4 Å². The maximum absolute atomic E-state index is 13.7. The first-order valence-electron chi connectivity index (χ1n) is 12.8. The van der Waals surface area contributed by atoms with E-state index in [9.17, 15) is 9.59 Å². The molecule has 0 aliphatic heterocycles. The van der Waals surface area contributed by atoms with E-state index in [1.807, 2.05) is 42.5 Å². The number of rotatable bonds is 6. The molecular formula is C30H42N2O3. The van der Waals surface area contributed by atoms with Crippen LogP contribution < -0.4 is 15.4 Å². The Hall–Kier alpha value is -2.82. The van der Waals surface area contributed by atoms with Crippen molar-refractivity contribution in [1.29, 1.82) is 0 Å². The molecule has 1 aliphatic rings. The number of carbonyl (C=O) groups is 2. The van der Waals surface area contributed by atoms with Crippen LogP contribution in [-0.4, -0.2) is 24.5 Å². The van der Waals surface area contributed by atoms with Gasteiger partial charge in [-0.25, -0.2) is 0 Å². The van der Waals surface area contributed by atoms with Crippen LogP contribution in [0.25, 0.3) is 0 Å². The minimum Gasteiger partial charge on any atom is -0.496 e. The summed E-state index contributed by atoms with van der Waals surface area (Å²) in [4.78, 5) is 27.2. The second kappa shape index (κ2) is 10.4. The molecule has 0 saturated heterocycles. The Bertz CT molecular complexity index is 1000. The highest BCUT2D eigenvalue weighted by atomic mass is 16.5. The van der Waals surface area contributed by atoms with E-state index in [4.69, 9.17) is 4.74 Å². The van der Waals surface area contributed by atoms with E-state index in [1.54, 1.807) is 7.11 Å². The van der Waals surface area contributed by atoms with Crippen molar-refractivity contribution in [1.82, 2.24) is 10.6 Å². The Morgan fingerprint density at radius 1 is 0.886 bits per heavy atom. The number of ether oxygens (including phenoxy) is 1. The molecule has 0 radical (unpaired) electrons. The fourth-order valence-corrected chi connectivity index (χ4v) is 4.90. The first-order valence-corrected chi connectivity index (χ1v) is 12.8. The number of benzene rings is 2. The second-order valence-corrected chi connectivity index (χ2v) is 11.9. The van der Waals surface area contributed by atoms with E-state index in [2.05, 4.69) is 52.2 Å². The Balaban J connectivity index is 1.94. The van der Waals surface area contributed by atoms with E-state index in [1.165, 1.54) is 0 Å². The summed E-state index contributed by atoms with van der Waals surface area (Å²) < 4.78 is 5.85. The zero-order chi connectivity index (χ0) is 25.9. The molecule has 0 unspecified atom stereocenters. The molecule has 5 heteroatoms. The average molecular weight is 479 g/mol. The van der Waals surface area contributed by atoms with Crippen molar-refractivity contribution in [2.24, 2.45) is 0 Å². The highest BCUT2D eigenvalue weighted by Crippen LogP contribution is 2.41. The summed E-state index contributed by atoms with van der Waals surface area (Å²) in [6.45, 7) is 13.2. The molecule has 1 saturated carbocycles. The molecular weight excluding hydrogens is 436 g/mol. The lowest BCUT2D eigenvalue weighted by Gasteiger charge is -2.37. The lowest BCUT2D eigenvalue weighted by atomic mass is 9.77. The van der Waals surface area contributed by atoms with Gasteiger partial charge in [0.1, 0.15) is 11.3 Å². The molecule has 0 aromatic heterocycles. The fourth-order valence-electron chi connectivity index (χ4n) is 4.90. The zero-order valence-electron chi connectivity index (χ0n) is 22.5. The van der Waals surface area contributed by atoms with Crippen molar-refractivity contribution in [2.75, 3.05) is 7.11 Å². The summed E-state index contributed by atoms with van der Waals surface area (Å²) in [5.41, 5.74) is 2.27. The molecule has 0 heterocycles. The average Bonchev–Trinajstić information content (AvgIpc) is 2.81. The number of amides is 2. The van der Waals surface area contributed by atoms with Gasteiger partial charge in [0, 0.05) is 23.2 Å². The van der Waals surface area contributed by atoms with Gasteiger partial charge in [-0.1, -0.05) is 91.1 Å². The van der Waals surface area contributed by atoms with E-state index >= 15 is 0 Å². The molecule has 2 N–H and O–H groups in total. The first kappa shape index (κ1) is 26.8. The summed E-state index contributed by atoms with van der Waals surface area (Å²) in [6.07, 6.45) is 4.21. The summed E-state index contributed by atoms with van der Waals surface area (Å²) >= 11 is 0. The fraction of sp³-hybridized carbons (Fsp3) is 0.533. The SMILES string of the molecule is COc1c(C(C)(C)C)cc(C(=O)NC2(C(=O)NCc3ccccc3)CCCCC2)cc1C(C)(C)C. The second-order valence-electron chi connectivity index (χ2n) is 11.9. The van der Waals surface area contributed by atoms with Crippen molar-refractivity contribution in [3.63, 3.8) is 0 Å². The van der Waals surface area contributed by atoms with Crippen LogP contribution in [0, 0.1) is 0 Å². The summed E-state index contributed by atoms with van der Waals surface area (Å²) in [5, 5.41) is 6.27. The van der Waals surface area contributed by atoms with Crippen LogP contribution in [0.2, 0.25) is 0 Å². The molecule has 1 fully saturated rings. The van der Waals surface area contributed by atoms with E-state index in [0.29, 0.717) is 24.9 Å². The number of hydrogen-bond donors (Lipinski definition) is 2. The van der Waals surface area contributed by atoms with Gasteiger partial charge < -0.3 is 15.4 Å². The van der Waals surface area contributed by atoms with Crippen molar-refractivity contribution in [2.45, 2.75) is 96.6 Å². The van der Waals surface area contributed by atoms with Crippen molar-refractivity contribution in [3.05, 3.63) is 64.7 Å². The maximum atomic E-state index is 13.7. The monoisotopic (exact) mass is 478 g/mol. The molecule has 5 nitrogen and oxygen atoms in total. The molecule has 1 aliphatic carbocycles. The number of nitrogens with one attached hydrogen (secondary N) is 2. The number of methoxy groups -OCH3 is 1.